The van der Waals surface area contributed by atoms with E-state index in [1.54, 1.807) is 0 Å². The maximum absolute atomic E-state index is 6.14. The molecule has 94 valence electrons. The zero-order chi connectivity index (χ0) is 12.3. The van der Waals surface area contributed by atoms with Crippen molar-refractivity contribution in [2.45, 2.75) is 57.3 Å². The molecule has 0 radical (unpaired) electrons. The van der Waals surface area contributed by atoms with Crippen LogP contribution in [0, 0.1) is 0 Å². The van der Waals surface area contributed by atoms with E-state index in [1.165, 1.54) is 43.2 Å². The van der Waals surface area contributed by atoms with Gasteiger partial charge in [0.25, 0.3) is 0 Å². The molecule has 1 aliphatic rings. The van der Waals surface area contributed by atoms with Crippen LogP contribution in [-0.2, 0) is 5.41 Å². The molecule has 17 heavy (non-hydrogen) atoms. The Morgan fingerprint density at radius 3 is 2.35 bits per heavy atom. The summed E-state index contributed by atoms with van der Waals surface area (Å²) in [5.74, 6) is 0.594. The van der Waals surface area contributed by atoms with Gasteiger partial charge in [-0.05, 0) is 29.9 Å². The zero-order valence-corrected chi connectivity index (χ0v) is 11.2. The SMILES string of the molecule is CC(C)c1ccccc1C1(CN)CCCCC1. The molecule has 0 bridgehead atoms. The Labute approximate surface area is 105 Å². The standard InChI is InChI=1S/C16H25N/c1-13(2)14-8-4-5-9-15(14)16(12-17)10-6-3-7-11-16/h4-5,8-9,13H,3,6-7,10-12,17H2,1-2H3. The number of nitrogens with two attached hydrogens (primary N) is 1. The molecule has 0 aliphatic heterocycles. The molecule has 0 atom stereocenters. The Morgan fingerprint density at radius 1 is 1.12 bits per heavy atom. The molecule has 1 aromatic rings. The lowest BCUT2D eigenvalue weighted by atomic mass is 9.67. The summed E-state index contributed by atoms with van der Waals surface area (Å²) in [5.41, 5.74) is 9.43. The van der Waals surface area contributed by atoms with Crippen molar-refractivity contribution in [2.24, 2.45) is 5.73 Å². The topological polar surface area (TPSA) is 26.0 Å². The third kappa shape index (κ3) is 2.40. The van der Waals surface area contributed by atoms with Gasteiger partial charge in [0.1, 0.15) is 0 Å². The fourth-order valence-electron chi connectivity index (χ4n) is 3.30. The number of rotatable bonds is 3. The normalized spacial score (nSPS) is 19.5. The highest BCUT2D eigenvalue weighted by molar-refractivity contribution is 5.37. The minimum atomic E-state index is 0.263. The Kier molecular flexibility index (Phi) is 3.88. The average Bonchev–Trinajstić information content (AvgIpc) is 2.39. The van der Waals surface area contributed by atoms with Crippen LogP contribution in [0.1, 0.15) is 63.0 Å². The highest BCUT2D eigenvalue weighted by Crippen LogP contribution is 2.41. The molecule has 0 amide bonds. The predicted octanol–water partition coefficient (Wildman–Crippen LogP) is 3.97. The predicted molar refractivity (Wildman–Crippen MR) is 74.3 cm³/mol. The third-order valence-electron chi connectivity index (χ3n) is 4.36. The maximum Gasteiger partial charge on any atom is 0.00783 e. The smallest absolute Gasteiger partial charge is 0.00783 e. The van der Waals surface area contributed by atoms with Crippen LogP contribution in [0.4, 0.5) is 0 Å². The molecule has 1 heteroatoms. The van der Waals surface area contributed by atoms with Crippen LogP contribution in [0.25, 0.3) is 0 Å². The minimum absolute atomic E-state index is 0.263. The molecule has 0 spiro atoms. The monoisotopic (exact) mass is 231 g/mol. The molecular weight excluding hydrogens is 206 g/mol. The Balaban J connectivity index is 2.42. The Hall–Kier alpha value is -0.820. The van der Waals surface area contributed by atoms with Gasteiger partial charge in [-0.25, -0.2) is 0 Å². The Bertz CT molecular complexity index is 362. The van der Waals surface area contributed by atoms with Gasteiger partial charge in [-0.15, -0.1) is 0 Å². The summed E-state index contributed by atoms with van der Waals surface area (Å²) in [5, 5.41) is 0. The molecule has 0 unspecified atom stereocenters. The molecule has 0 aromatic heterocycles. The highest BCUT2D eigenvalue weighted by Gasteiger charge is 2.34. The highest BCUT2D eigenvalue weighted by atomic mass is 14.6. The summed E-state index contributed by atoms with van der Waals surface area (Å²) in [4.78, 5) is 0. The van der Waals surface area contributed by atoms with Crippen molar-refractivity contribution in [1.82, 2.24) is 0 Å². The van der Waals surface area contributed by atoms with Crippen LogP contribution in [0.3, 0.4) is 0 Å². The summed E-state index contributed by atoms with van der Waals surface area (Å²) in [7, 11) is 0. The van der Waals surface area contributed by atoms with Crippen molar-refractivity contribution in [2.75, 3.05) is 6.54 Å². The number of hydrogen-bond acceptors (Lipinski definition) is 1. The molecule has 2 rings (SSSR count). The first-order valence-corrected chi connectivity index (χ1v) is 6.99. The molecule has 1 nitrogen and oxygen atoms in total. The summed E-state index contributed by atoms with van der Waals surface area (Å²) >= 11 is 0. The third-order valence-corrected chi connectivity index (χ3v) is 4.36. The summed E-state index contributed by atoms with van der Waals surface area (Å²) < 4.78 is 0. The second-order valence-corrected chi connectivity index (χ2v) is 5.79. The van der Waals surface area contributed by atoms with Crippen molar-refractivity contribution in [3.63, 3.8) is 0 Å². The fourth-order valence-corrected chi connectivity index (χ4v) is 3.30. The molecule has 1 aromatic carbocycles. The zero-order valence-electron chi connectivity index (χ0n) is 11.2. The average molecular weight is 231 g/mol. The van der Waals surface area contributed by atoms with E-state index in [1.807, 2.05) is 0 Å². The molecular formula is C16H25N. The van der Waals surface area contributed by atoms with Gasteiger partial charge in [0, 0.05) is 12.0 Å². The van der Waals surface area contributed by atoms with Crippen molar-refractivity contribution < 1.29 is 0 Å². The van der Waals surface area contributed by atoms with E-state index in [0.29, 0.717) is 5.92 Å². The van der Waals surface area contributed by atoms with Gasteiger partial charge in [-0.3, -0.25) is 0 Å². The molecule has 1 saturated carbocycles. The van der Waals surface area contributed by atoms with Crippen LogP contribution in [0.2, 0.25) is 0 Å². The van der Waals surface area contributed by atoms with Gasteiger partial charge < -0.3 is 5.73 Å². The second-order valence-electron chi connectivity index (χ2n) is 5.79. The molecule has 0 heterocycles. The van der Waals surface area contributed by atoms with Gasteiger partial charge >= 0.3 is 0 Å². The van der Waals surface area contributed by atoms with Crippen molar-refractivity contribution in [3.05, 3.63) is 35.4 Å². The summed E-state index contributed by atoms with van der Waals surface area (Å²) in [6.07, 6.45) is 6.60. The largest absolute Gasteiger partial charge is 0.330 e. The van der Waals surface area contributed by atoms with E-state index < -0.39 is 0 Å². The maximum atomic E-state index is 6.14. The summed E-state index contributed by atoms with van der Waals surface area (Å²) in [6.45, 7) is 5.37. The van der Waals surface area contributed by atoms with Crippen molar-refractivity contribution in [3.8, 4) is 0 Å². The lowest BCUT2D eigenvalue weighted by Crippen LogP contribution is -2.38. The van der Waals surface area contributed by atoms with Gasteiger partial charge in [0.15, 0.2) is 0 Å². The van der Waals surface area contributed by atoms with Crippen LogP contribution < -0.4 is 5.73 Å². The quantitative estimate of drug-likeness (QED) is 0.837. The van der Waals surface area contributed by atoms with Crippen LogP contribution >= 0.6 is 0 Å². The molecule has 2 N–H and O–H groups in total. The van der Waals surface area contributed by atoms with Gasteiger partial charge in [-0.2, -0.15) is 0 Å². The van der Waals surface area contributed by atoms with E-state index in [0.717, 1.165) is 6.54 Å². The van der Waals surface area contributed by atoms with E-state index in [4.69, 9.17) is 5.73 Å². The van der Waals surface area contributed by atoms with E-state index in [-0.39, 0.29) is 5.41 Å². The molecule has 1 fully saturated rings. The lowest BCUT2D eigenvalue weighted by molar-refractivity contribution is 0.298. The first-order chi connectivity index (χ1) is 8.19. The number of hydrogen-bond donors (Lipinski definition) is 1. The first-order valence-electron chi connectivity index (χ1n) is 6.99. The van der Waals surface area contributed by atoms with Gasteiger partial charge in [0.2, 0.25) is 0 Å². The van der Waals surface area contributed by atoms with E-state index >= 15 is 0 Å². The van der Waals surface area contributed by atoms with E-state index in [9.17, 15) is 0 Å². The van der Waals surface area contributed by atoms with Crippen LogP contribution in [0.15, 0.2) is 24.3 Å². The van der Waals surface area contributed by atoms with E-state index in [2.05, 4.69) is 38.1 Å². The fraction of sp³-hybridized carbons (Fsp3) is 0.625. The van der Waals surface area contributed by atoms with Gasteiger partial charge in [0.05, 0.1) is 0 Å². The summed E-state index contributed by atoms with van der Waals surface area (Å²) in [6, 6.07) is 8.93. The second kappa shape index (κ2) is 5.22. The minimum Gasteiger partial charge on any atom is -0.330 e. The Morgan fingerprint density at radius 2 is 1.76 bits per heavy atom. The van der Waals surface area contributed by atoms with Crippen LogP contribution in [0.5, 0.6) is 0 Å². The molecule has 0 saturated heterocycles. The van der Waals surface area contributed by atoms with Gasteiger partial charge in [-0.1, -0.05) is 57.4 Å². The molecule has 1 aliphatic carbocycles. The van der Waals surface area contributed by atoms with Crippen molar-refractivity contribution >= 4 is 0 Å². The van der Waals surface area contributed by atoms with Crippen molar-refractivity contribution in [1.29, 1.82) is 0 Å². The first kappa shape index (κ1) is 12.6. The lowest BCUT2D eigenvalue weighted by Gasteiger charge is -2.38. The van der Waals surface area contributed by atoms with Crippen LogP contribution in [-0.4, -0.2) is 6.54 Å². The number of benzene rings is 1.